The summed E-state index contributed by atoms with van der Waals surface area (Å²) in [5.74, 6) is 0.316. The monoisotopic (exact) mass is 290 g/mol. The van der Waals surface area contributed by atoms with Gasteiger partial charge in [0.15, 0.2) is 5.78 Å². The molecule has 0 bridgehead atoms. The molecule has 3 nitrogen and oxygen atoms in total. The van der Waals surface area contributed by atoms with E-state index in [2.05, 4.69) is 6.58 Å². The Bertz CT molecular complexity index is 471. The maximum atomic E-state index is 11.9. The molecule has 0 aromatic rings. The van der Waals surface area contributed by atoms with Crippen LogP contribution in [-0.2, 0) is 4.79 Å². The Kier molecular flexibility index (Phi) is 5.17. The summed E-state index contributed by atoms with van der Waals surface area (Å²) < 4.78 is 0. The predicted octanol–water partition coefficient (Wildman–Crippen LogP) is 2.79. The average Bonchev–Trinajstić information content (AvgIpc) is 2.86. The van der Waals surface area contributed by atoms with Gasteiger partial charge < -0.3 is 10.2 Å². The summed E-state index contributed by atoms with van der Waals surface area (Å²) in [6.45, 7) is 7.86. The second kappa shape index (κ2) is 6.71. The Hall–Kier alpha value is -1.19. The number of carbonyl (C=O) groups excluding carboxylic acids is 1. The number of aliphatic hydroxyl groups excluding tert-OH is 2. The van der Waals surface area contributed by atoms with Crippen LogP contribution in [0.2, 0.25) is 0 Å². The minimum absolute atomic E-state index is 0.0221. The first-order chi connectivity index (χ1) is 9.90. The number of carbonyl (C=O) groups is 1. The van der Waals surface area contributed by atoms with Crippen molar-refractivity contribution >= 4 is 5.78 Å². The van der Waals surface area contributed by atoms with Gasteiger partial charge in [-0.05, 0) is 51.0 Å². The van der Waals surface area contributed by atoms with Crippen molar-refractivity contribution in [3.05, 3.63) is 36.0 Å². The summed E-state index contributed by atoms with van der Waals surface area (Å²) >= 11 is 0. The highest BCUT2D eigenvalue weighted by Gasteiger charge is 2.49. The minimum Gasteiger partial charge on any atom is -0.392 e. The summed E-state index contributed by atoms with van der Waals surface area (Å²) in [4.78, 5) is 11.9. The smallest absolute Gasteiger partial charge is 0.161 e. The van der Waals surface area contributed by atoms with Gasteiger partial charge in [0, 0.05) is 11.8 Å². The molecule has 2 N–H and O–H groups in total. The van der Waals surface area contributed by atoms with E-state index in [4.69, 9.17) is 0 Å². The molecule has 2 fully saturated rings. The Morgan fingerprint density at radius 1 is 1.43 bits per heavy atom. The van der Waals surface area contributed by atoms with E-state index in [1.807, 2.05) is 32.1 Å². The van der Waals surface area contributed by atoms with E-state index in [9.17, 15) is 15.0 Å². The van der Waals surface area contributed by atoms with Crippen LogP contribution < -0.4 is 0 Å². The fourth-order valence-electron chi connectivity index (χ4n) is 3.50. The van der Waals surface area contributed by atoms with Gasteiger partial charge in [0.1, 0.15) is 0 Å². The van der Waals surface area contributed by atoms with E-state index >= 15 is 0 Å². The maximum Gasteiger partial charge on any atom is 0.161 e. The van der Waals surface area contributed by atoms with Crippen molar-refractivity contribution in [2.75, 3.05) is 0 Å². The summed E-state index contributed by atoms with van der Waals surface area (Å²) in [5, 5.41) is 20.0. The Balaban J connectivity index is 1.90. The van der Waals surface area contributed by atoms with Crippen LogP contribution in [0.25, 0.3) is 0 Å². The van der Waals surface area contributed by atoms with Crippen LogP contribution >= 0.6 is 0 Å². The van der Waals surface area contributed by atoms with E-state index in [-0.39, 0.29) is 29.6 Å². The normalized spacial score (nSPS) is 33.5. The van der Waals surface area contributed by atoms with Crippen molar-refractivity contribution < 1.29 is 15.0 Å². The topological polar surface area (TPSA) is 57.5 Å². The standard InChI is InChI=1S/C18H26O3/c1-11(2)7-8-13(19)5-4-6-14-15-9-12(3)18(21)16(15)10-17(14)20/h4,6-7,13-17,19-20H,3,5,8-10H2,1-2H3/t13?,14-,15-,16-,17+/m0/s1. The summed E-state index contributed by atoms with van der Waals surface area (Å²) in [5.41, 5.74) is 1.91. The lowest BCUT2D eigenvalue weighted by Gasteiger charge is -2.16. The molecule has 0 heterocycles. The summed E-state index contributed by atoms with van der Waals surface area (Å²) in [6, 6.07) is 0. The van der Waals surface area contributed by atoms with Gasteiger partial charge in [-0.2, -0.15) is 0 Å². The molecule has 5 atom stereocenters. The van der Waals surface area contributed by atoms with E-state index in [1.54, 1.807) is 0 Å². The molecule has 0 radical (unpaired) electrons. The van der Waals surface area contributed by atoms with Crippen LogP contribution in [0.4, 0.5) is 0 Å². The number of fused-ring (bicyclic) bond motifs is 1. The van der Waals surface area contributed by atoms with Crippen LogP contribution in [0.15, 0.2) is 36.0 Å². The van der Waals surface area contributed by atoms with Gasteiger partial charge in [-0.15, -0.1) is 0 Å². The third kappa shape index (κ3) is 3.72. The SMILES string of the molecule is C=C1C[C@H]2[C@H](C=CCC(O)CC=C(C)C)[C@H](O)C[C@@H]2C1=O. The van der Waals surface area contributed by atoms with Gasteiger partial charge >= 0.3 is 0 Å². The molecule has 0 aliphatic heterocycles. The van der Waals surface area contributed by atoms with E-state index in [0.29, 0.717) is 31.3 Å². The van der Waals surface area contributed by atoms with Gasteiger partial charge in [0.2, 0.25) is 0 Å². The van der Waals surface area contributed by atoms with Crippen LogP contribution in [0.3, 0.4) is 0 Å². The first kappa shape index (κ1) is 16.2. The number of rotatable bonds is 5. The molecule has 0 amide bonds. The molecule has 0 aromatic heterocycles. The largest absolute Gasteiger partial charge is 0.392 e. The molecular formula is C18H26O3. The molecule has 2 rings (SSSR count). The van der Waals surface area contributed by atoms with E-state index < -0.39 is 6.10 Å². The summed E-state index contributed by atoms with van der Waals surface area (Å²) in [7, 11) is 0. The fourth-order valence-corrected chi connectivity index (χ4v) is 3.50. The quantitative estimate of drug-likeness (QED) is 0.604. The number of hydrogen-bond donors (Lipinski definition) is 2. The number of Topliss-reactive ketones (excluding diaryl/α,β-unsaturated/α-hetero) is 1. The van der Waals surface area contributed by atoms with Gasteiger partial charge in [-0.3, -0.25) is 4.79 Å². The molecule has 3 heteroatoms. The Morgan fingerprint density at radius 2 is 2.14 bits per heavy atom. The zero-order chi connectivity index (χ0) is 15.6. The molecule has 0 saturated heterocycles. The highest BCUT2D eigenvalue weighted by atomic mass is 16.3. The van der Waals surface area contributed by atoms with Crippen LogP contribution in [0.5, 0.6) is 0 Å². The van der Waals surface area contributed by atoms with Gasteiger partial charge in [-0.1, -0.05) is 30.4 Å². The number of hydrogen-bond acceptors (Lipinski definition) is 3. The maximum absolute atomic E-state index is 11.9. The second-order valence-corrected chi connectivity index (χ2v) is 6.66. The van der Waals surface area contributed by atoms with Crippen LogP contribution in [0.1, 0.15) is 39.5 Å². The molecule has 116 valence electrons. The van der Waals surface area contributed by atoms with Crippen LogP contribution in [0, 0.1) is 17.8 Å². The lowest BCUT2D eigenvalue weighted by Crippen LogP contribution is -2.16. The van der Waals surface area contributed by atoms with E-state index in [1.165, 1.54) is 5.57 Å². The zero-order valence-corrected chi connectivity index (χ0v) is 13.0. The lowest BCUT2D eigenvalue weighted by atomic mass is 9.90. The lowest BCUT2D eigenvalue weighted by molar-refractivity contribution is -0.118. The van der Waals surface area contributed by atoms with Crippen molar-refractivity contribution in [3.63, 3.8) is 0 Å². The van der Waals surface area contributed by atoms with Crippen molar-refractivity contribution in [1.29, 1.82) is 0 Å². The Morgan fingerprint density at radius 3 is 2.81 bits per heavy atom. The molecule has 2 aliphatic rings. The van der Waals surface area contributed by atoms with Crippen molar-refractivity contribution in [1.82, 2.24) is 0 Å². The van der Waals surface area contributed by atoms with Crippen molar-refractivity contribution in [3.8, 4) is 0 Å². The van der Waals surface area contributed by atoms with Gasteiger partial charge in [0.05, 0.1) is 12.2 Å². The molecule has 0 spiro atoms. The highest BCUT2D eigenvalue weighted by molar-refractivity contribution is 5.99. The third-order valence-electron chi connectivity index (χ3n) is 4.68. The molecule has 0 aromatic carbocycles. The van der Waals surface area contributed by atoms with Crippen LogP contribution in [-0.4, -0.2) is 28.2 Å². The van der Waals surface area contributed by atoms with E-state index in [0.717, 1.165) is 0 Å². The van der Waals surface area contributed by atoms with Gasteiger partial charge in [-0.25, -0.2) is 0 Å². The zero-order valence-electron chi connectivity index (χ0n) is 13.0. The Labute approximate surface area is 127 Å². The summed E-state index contributed by atoms with van der Waals surface area (Å²) in [6.07, 6.45) is 7.64. The van der Waals surface area contributed by atoms with Gasteiger partial charge in [0.25, 0.3) is 0 Å². The number of ketones is 1. The average molecular weight is 290 g/mol. The molecule has 21 heavy (non-hydrogen) atoms. The molecule has 2 saturated carbocycles. The fraction of sp³-hybridized carbons (Fsp3) is 0.611. The molecule has 2 aliphatic carbocycles. The third-order valence-corrected chi connectivity index (χ3v) is 4.68. The molecular weight excluding hydrogens is 264 g/mol. The second-order valence-electron chi connectivity index (χ2n) is 6.66. The van der Waals surface area contributed by atoms with Crippen molar-refractivity contribution in [2.45, 2.75) is 51.7 Å². The molecule has 1 unspecified atom stereocenters. The van der Waals surface area contributed by atoms with Crippen molar-refractivity contribution in [2.24, 2.45) is 17.8 Å². The first-order valence-corrected chi connectivity index (χ1v) is 7.78. The number of aliphatic hydroxyl groups is 2. The highest BCUT2D eigenvalue weighted by Crippen LogP contribution is 2.48. The number of allylic oxidation sites excluding steroid dienone is 2. The minimum atomic E-state index is -0.441. The first-order valence-electron chi connectivity index (χ1n) is 7.78. The predicted molar refractivity (Wildman–Crippen MR) is 83.7 cm³/mol.